The zero-order valence-electron chi connectivity index (χ0n) is 14.2. The van der Waals surface area contributed by atoms with Gasteiger partial charge in [-0.1, -0.05) is 20.8 Å². The zero-order valence-corrected chi connectivity index (χ0v) is 15.0. The van der Waals surface area contributed by atoms with E-state index in [4.69, 9.17) is 0 Å². The fourth-order valence-electron chi connectivity index (χ4n) is 2.67. The van der Waals surface area contributed by atoms with Gasteiger partial charge in [0.05, 0.1) is 6.26 Å². The lowest BCUT2D eigenvalue weighted by Gasteiger charge is -2.48. The topological polar surface area (TPSA) is 40.6 Å². The van der Waals surface area contributed by atoms with Crippen LogP contribution in [0.25, 0.3) is 0 Å². The molecule has 4 nitrogen and oxygen atoms in total. The first-order valence-corrected chi connectivity index (χ1v) is 9.37. The largest absolute Gasteiger partial charge is 0.300 e. The van der Waals surface area contributed by atoms with Gasteiger partial charge in [0.2, 0.25) is 10.0 Å². The van der Waals surface area contributed by atoms with Gasteiger partial charge in [-0.2, -0.15) is 0 Å². The summed E-state index contributed by atoms with van der Waals surface area (Å²) < 4.78 is 25.0. The molecule has 0 aromatic heterocycles. The molecule has 120 valence electrons. The Bertz CT molecular complexity index is 424. The van der Waals surface area contributed by atoms with Crippen LogP contribution in [-0.4, -0.2) is 56.1 Å². The molecule has 0 aromatic carbocycles. The Kier molecular flexibility index (Phi) is 5.32. The molecule has 0 amide bonds. The summed E-state index contributed by atoms with van der Waals surface area (Å²) in [6, 6.07) is 0. The fraction of sp³-hybridized carbons (Fsp3) is 1.00. The monoisotopic (exact) mass is 304 g/mol. The van der Waals surface area contributed by atoms with E-state index in [0.29, 0.717) is 19.0 Å². The van der Waals surface area contributed by atoms with Gasteiger partial charge in [-0.15, -0.1) is 0 Å². The maximum absolute atomic E-state index is 11.7. The Morgan fingerprint density at radius 1 is 1.20 bits per heavy atom. The number of rotatable bonds is 4. The quantitative estimate of drug-likeness (QED) is 0.801. The number of hydrogen-bond acceptors (Lipinski definition) is 3. The Labute approximate surface area is 125 Å². The molecule has 0 N–H and O–H groups in total. The summed E-state index contributed by atoms with van der Waals surface area (Å²) in [7, 11) is -0.886. The highest BCUT2D eigenvalue weighted by Gasteiger charge is 2.38. The van der Waals surface area contributed by atoms with E-state index in [1.807, 2.05) is 0 Å². The molecule has 0 aromatic rings. The summed E-state index contributed by atoms with van der Waals surface area (Å²) >= 11 is 0. The molecule has 5 heteroatoms. The second-order valence-corrected chi connectivity index (χ2v) is 9.80. The van der Waals surface area contributed by atoms with E-state index < -0.39 is 10.0 Å². The van der Waals surface area contributed by atoms with Gasteiger partial charge in [-0.3, -0.25) is 0 Å². The molecular formula is C15H32N2O2S. The molecule has 0 spiro atoms. The van der Waals surface area contributed by atoms with Crippen LogP contribution in [0.3, 0.4) is 0 Å². The van der Waals surface area contributed by atoms with Gasteiger partial charge in [0.1, 0.15) is 0 Å². The molecule has 1 saturated heterocycles. The van der Waals surface area contributed by atoms with Crippen molar-refractivity contribution < 1.29 is 8.42 Å². The van der Waals surface area contributed by atoms with E-state index in [2.05, 4.69) is 46.6 Å². The predicted octanol–water partition coefficient (Wildman–Crippen LogP) is 2.41. The number of sulfonamides is 1. The van der Waals surface area contributed by atoms with E-state index in [0.717, 1.165) is 19.4 Å². The highest BCUT2D eigenvalue weighted by Crippen LogP contribution is 2.35. The van der Waals surface area contributed by atoms with Crippen LogP contribution >= 0.6 is 0 Å². The summed E-state index contributed by atoms with van der Waals surface area (Å²) in [5.41, 5.74) is 0.271. The minimum absolute atomic E-state index is 0.0837. The van der Waals surface area contributed by atoms with E-state index >= 15 is 0 Å². The number of nitrogens with zero attached hydrogens (tertiary/aromatic N) is 2. The average molecular weight is 305 g/mol. The van der Waals surface area contributed by atoms with Crippen LogP contribution in [-0.2, 0) is 10.0 Å². The first-order chi connectivity index (χ1) is 8.85. The molecule has 1 fully saturated rings. The molecule has 0 aliphatic carbocycles. The molecule has 1 atom stereocenters. The Morgan fingerprint density at radius 3 is 2.20 bits per heavy atom. The van der Waals surface area contributed by atoms with E-state index in [-0.39, 0.29) is 11.0 Å². The highest BCUT2D eigenvalue weighted by molar-refractivity contribution is 7.88. The van der Waals surface area contributed by atoms with Crippen molar-refractivity contribution in [2.75, 3.05) is 32.9 Å². The van der Waals surface area contributed by atoms with Gasteiger partial charge in [0.15, 0.2) is 0 Å². The minimum Gasteiger partial charge on any atom is -0.300 e. The third kappa shape index (κ3) is 4.18. The first kappa shape index (κ1) is 17.9. The van der Waals surface area contributed by atoms with Crippen LogP contribution in [0.15, 0.2) is 0 Å². The van der Waals surface area contributed by atoms with Crippen molar-refractivity contribution in [3.63, 3.8) is 0 Å². The maximum atomic E-state index is 11.7. The molecule has 0 unspecified atom stereocenters. The van der Waals surface area contributed by atoms with Gasteiger partial charge < -0.3 is 4.90 Å². The lowest BCUT2D eigenvalue weighted by Crippen LogP contribution is -2.53. The SMILES string of the molecule is CN(C[C@H]1CCCN(S(C)(=O)=O)C1)C(C)(C)C(C)(C)C. The van der Waals surface area contributed by atoms with E-state index in [1.54, 1.807) is 4.31 Å². The highest BCUT2D eigenvalue weighted by atomic mass is 32.2. The van der Waals surface area contributed by atoms with E-state index in [1.165, 1.54) is 6.26 Å². The molecule has 1 aliphatic heterocycles. The van der Waals surface area contributed by atoms with Crippen LogP contribution in [0.2, 0.25) is 0 Å². The van der Waals surface area contributed by atoms with Crippen LogP contribution in [0.4, 0.5) is 0 Å². The molecule has 1 heterocycles. The van der Waals surface area contributed by atoms with Gasteiger partial charge in [0.25, 0.3) is 0 Å². The number of hydrogen-bond donors (Lipinski definition) is 0. The molecule has 0 saturated carbocycles. The third-order valence-electron chi connectivity index (χ3n) is 5.27. The standard InChI is InChI=1S/C15H32N2O2S/c1-14(2,3)15(4,5)16(6)11-13-9-8-10-17(12-13)20(7,18)19/h13H,8-12H2,1-7H3/t13-/m1/s1. The van der Waals surface area contributed by atoms with Crippen LogP contribution in [0.1, 0.15) is 47.5 Å². The summed E-state index contributed by atoms with van der Waals surface area (Å²) in [6.07, 6.45) is 3.41. The van der Waals surface area contributed by atoms with Crippen molar-refractivity contribution in [1.82, 2.24) is 9.21 Å². The second kappa shape index (κ2) is 5.93. The Morgan fingerprint density at radius 2 is 1.75 bits per heavy atom. The summed E-state index contributed by atoms with van der Waals surface area (Å²) in [6.45, 7) is 13.6. The predicted molar refractivity (Wildman–Crippen MR) is 85.3 cm³/mol. The summed E-state index contributed by atoms with van der Waals surface area (Å²) in [5, 5.41) is 0. The molecule has 1 rings (SSSR count). The van der Waals surface area contributed by atoms with Crippen molar-refractivity contribution in [2.45, 2.75) is 53.0 Å². The van der Waals surface area contributed by atoms with Crippen molar-refractivity contribution in [2.24, 2.45) is 11.3 Å². The van der Waals surface area contributed by atoms with Crippen LogP contribution < -0.4 is 0 Å². The summed E-state index contributed by atoms with van der Waals surface area (Å²) in [5.74, 6) is 0.435. The van der Waals surface area contributed by atoms with Crippen molar-refractivity contribution in [3.05, 3.63) is 0 Å². The molecule has 0 radical (unpaired) electrons. The zero-order chi connectivity index (χ0) is 15.8. The summed E-state index contributed by atoms with van der Waals surface area (Å²) in [4.78, 5) is 2.39. The van der Waals surface area contributed by atoms with Crippen LogP contribution in [0, 0.1) is 11.3 Å². The average Bonchev–Trinajstić information content (AvgIpc) is 2.26. The van der Waals surface area contributed by atoms with Crippen molar-refractivity contribution in [1.29, 1.82) is 0 Å². The fourth-order valence-corrected chi connectivity index (χ4v) is 3.61. The molecule has 1 aliphatic rings. The normalized spacial score (nSPS) is 23.3. The van der Waals surface area contributed by atoms with Crippen molar-refractivity contribution >= 4 is 10.0 Å². The lowest BCUT2D eigenvalue weighted by molar-refractivity contribution is 0.0253. The van der Waals surface area contributed by atoms with Crippen molar-refractivity contribution in [3.8, 4) is 0 Å². The van der Waals surface area contributed by atoms with Gasteiger partial charge in [-0.25, -0.2) is 12.7 Å². The van der Waals surface area contributed by atoms with Gasteiger partial charge in [0, 0.05) is 25.2 Å². The first-order valence-electron chi connectivity index (χ1n) is 7.52. The Hall–Kier alpha value is -0.130. The second-order valence-electron chi connectivity index (χ2n) is 7.82. The smallest absolute Gasteiger partial charge is 0.211 e. The molecule has 0 bridgehead atoms. The van der Waals surface area contributed by atoms with Crippen LogP contribution in [0.5, 0.6) is 0 Å². The minimum atomic E-state index is -3.04. The Balaban J connectivity index is 2.69. The lowest BCUT2D eigenvalue weighted by atomic mass is 9.75. The van der Waals surface area contributed by atoms with Gasteiger partial charge in [-0.05, 0) is 45.1 Å². The van der Waals surface area contributed by atoms with Gasteiger partial charge >= 0.3 is 0 Å². The third-order valence-corrected chi connectivity index (χ3v) is 6.54. The molecular weight excluding hydrogens is 272 g/mol. The molecule has 20 heavy (non-hydrogen) atoms. The number of piperidine rings is 1. The van der Waals surface area contributed by atoms with E-state index in [9.17, 15) is 8.42 Å². The maximum Gasteiger partial charge on any atom is 0.211 e.